The van der Waals surface area contributed by atoms with E-state index in [4.69, 9.17) is 10.5 Å². The van der Waals surface area contributed by atoms with Crippen LogP contribution in [0.4, 0.5) is 0 Å². The number of pyridine rings is 1. The summed E-state index contributed by atoms with van der Waals surface area (Å²) in [5.74, 6) is 0.614. The van der Waals surface area contributed by atoms with Gasteiger partial charge in [0.25, 0.3) is 0 Å². The first-order valence-corrected chi connectivity index (χ1v) is 3.07. The Labute approximate surface area is 84.1 Å². The normalized spacial score (nSPS) is 7.83. The van der Waals surface area contributed by atoms with Crippen molar-refractivity contribution >= 4 is 24.8 Å². The van der Waals surface area contributed by atoms with Crippen molar-refractivity contribution in [2.24, 2.45) is 5.73 Å². The van der Waals surface area contributed by atoms with Crippen LogP contribution in [0.3, 0.4) is 0 Å². The van der Waals surface area contributed by atoms with E-state index in [1.807, 2.05) is 12.1 Å². The minimum atomic E-state index is 0. The first-order valence-electron chi connectivity index (χ1n) is 3.07. The van der Waals surface area contributed by atoms with Gasteiger partial charge in [0.2, 0.25) is 5.88 Å². The Bertz CT molecular complexity index is 201. The maximum Gasteiger partial charge on any atom is 0.213 e. The van der Waals surface area contributed by atoms with Crippen LogP contribution < -0.4 is 10.5 Å². The molecule has 2 N–H and O–H groups in total. The molecular formula is C7H12Cl2N2O. The van der Waals surface area contributed by atoms with Crippen LogP contribution in [-0.2, 0) is 6.54 Å². The van der Waals surface area contributed by atoms with Crippen molar-refractivity contribution in [3.63, 3.8) is 0 Å². The molecule has 1 heterocycles. The van der Waals surface area contributed by atoms with Crippen molar-refractivity contribution in [3.8, 4) is 5.88 Å². The molecule has 0 unspecified atom stereocenters. The summed E-state index contributed by atoms with van der Waals surface area (Å²) in [4.78, 5) is 4.06. The fraction of sp³-hybridized carbons (Fsp3) is 0.286. The molecule has 0 spiro atoms. The monoisotopic (exact) mass is 210 g/mol. The number of hydrogen-bond acceptors (Lipinski definition) is 3. The summed E-state index contributed by atoms with van der Waals surface area (Å²) in [7, 11) is 1.59. The minimum absolute atomic E-state index is 0. The Balaban J connectivity index is 0. The molecule has 0 atom stereocenters. The van der Waals surface area contributed by atoms with Crippen molar-refractivity contribution in [1.29, 1.82) is 0 Å². The summed E-state index contributed by atoms with van der Waals surface area (Å²) < 4.78 is 4.89. The minimum Gasteiger partial charge on any atom is -0.481 e. The Morgan fingerprint density at radius 3 is 2.58 bits per heavy atom. The van der Waals surface area contributed by atoms with Gasteiger partial charge in [0.15, 0.2) is 0 Å². The van der Waals surface area contributed by atoms with Crippen molar-refractivity contribution in [3.05, 3.63) is 23.9 Å². The van der Waals surface area contributed by atoms with E-state index in [0.717, 1.165) is 5.69 Å². The quantitative estimate of drug-likeness (QED) is 0.804. The Hall–Kier alpha value is -0.510. The predicted molar refractivity (Wildman–Crippen MR) is 53.2 cm³/mol. The molecule has 5 heteroatoms. The number of rotatable bonds is 2. The van der Waals surface area contributed by atoms with E-state index in [1.165, 1.54) is 0 Å². The number of halogens is 2. The number of nitrogens with zero attached hydrogens (tertiary/aromatic N) is 1. The largest absolute Gasteiger partial charge is 0.481 e. The number of aromatic nitrogens is 1. The smallest absolute Gasteiger partial charge is 0.213 e. The summed E-state index contributed by atoms with van der Waals surface area (Å²) in [6, 6.07) is 5.52. The molecule has 1 rings (SSSR count). The highest BCUT2D eigenvalue weighted by atomic mass is 35.5. The van der Waals surface area contributed by atoms with Gasteiger partial charge < -0.3 is 10.5 Å². The molecule has 0 saturated carbocycles. The molecule has 0 saturated heterocycles. The van der Waals surface area contributed by atoms with Gasteiger partial charge >= 0.3 is 0 Å². The predicted octanol–water partition coefficient (Wildman–Crippen LogP) is 1.39. The number of methoxy groups -OCH3 is 1. The Morgan fingerprint density at radius 1 is 1.42 bits per heavy atom. The van der Waals surface area contributed by atoms with E-state index in [2.05, 4.69) is 4.98 Å². The highest BCUT2D eigenvalue weighted by Gasteiger charge is 1.92. The first-order chi connectivity index (χ1) is 4.86. The number of hydrogen-bond donors (Lipinski definition) is 1. The molecule has 0 aromatic carbocycles. The molecule has 0 bridgehead atoms. The van der Waals surface area contributed by atoms with Crippen LogP contribution in [0.2, 0.25) is 0 Å². The second kappa shape index (κ2) is 7.16. The van der Waals surface area contributed by atoms with Gasteiger partial charge in [-0.25, -0.2) is 4.98 Å². The van der Waals surface area contributed by atoms with E-state index in [1.54, 1.807) is 13.2 Å². The first kappa shape index (κ1) is 14.0. The molecule has 3 nitrogen and oxygen atoms in total. The fourth-order valence-corrected chi connectivity index (χ4v) is 0.685. The molecule has 12 heavy (non-hydrogen) atoms. The lowest BCUT2D eigenvalue weighted by Gasteiger charge is -1.98. The molecule has 0 aliphatic heterocycles. The Kier molecular flexibility index (Phi) is 8.37. The zero-order valence-electron chi connectivity index (χ0n) is 6.69. The molecule has 1 aromatic heterocycles. The van der Waals surface area contributed by atoms with Crippen LogP contribution in [-0.4, -0.2) is 12.1 Å². The van der Waals surface area contributed by atoms with E-state index < -0.39 is 0 Å². The van der Waals surface area contributed by atoms with E-state index in [9.17, 15) is 0 Å². The van der Waals surface area contributed by atoms with Gasteiger partial charge in [0, 0.05) is 12.6 Å². The Morgan fingerprint density at radius 2 is 2.08 bits per heavy atom. The zero-order chi connectivity index (χ0) is 7.40. The topological polar surface area (TPSA) is 48.1 Å². The van der Waals surface area contributed by atoms with Crippen LogP contribution in [0.1, 0.15) is 5.69 Å². The van der Waals surface area contributed by atoms with Gasteiger partial charge in [-0.1, -0.05) is 6.07 Å². The molecule has 0 fully saturated rings. The fourth-order valence-electron chi connectivity index (χ4n) is 0.685. The zero-order valence-corrected chi connectivity index (χ0v) is 8.32. The maximum absolute atomic E-state index is 5.36. The molecular weight excluding hydrogens is 199 g/mol. The van der Waals surface area contributed by atoms with Crippen LogP contribution in [0.25, 0.3) is 0 Å². The molecule has 0 amide bonds. The second-order valence-corrected chi connectivity index (χ2v) is 1.88. The lowest BCUT2D eigenvalue weighted by Crippen LogP contribution is -1.99. The number of nitrogens with two attached hydrogens (primary N) is 1. The molecule has 1 aromatic rings. The van der Waals surface area contributed by atoms with Crippen molar-refractivity contribution in [2.45, 2.75) is 6.54 Å². The van der Waals surface area contributed by atoms with Gasteiger partial charge in [-0.05, 0) is 6.07 Å². The molecule has 0 aliphatic rings. The summed E-state index contributed by atoms with van der Waals surface area (Å²) >= 11 is 0. The summed E-state index contributed by atoms with van der Waals surface area (Å²) in [6.07, 6.45) is 0. The summed E-state index contributed by atoms with van der Waals surface area (Å²) in [5.41, 5.74) is 6.20. The van der Waals surface area contributed by atoms with Crippen LogP contribution in [0.15, 0.2) is 18.2 Å². The molecule has 0 radical (unpaired) electrons. The van der Waals surface area contributed by atoms with Gasteiger partial charge in [-0.15, -0.1) is 24.8 Å². The highest BCUT2D eigenvalue weighted by molar-refractivity contribution is 5.85. The van der Waals surface area contributed by atoms with Crippen LogP contribution in [0.5, 0.6) is 5.88 Å². The second-order valence-electron chi connectivity index (χ2n) is 1.88. The van der Waals surface area contributed by atoms with Crippen molar-refractivity contribution in [2.75, 3.05) is 7.11 Å². The summed E-state index contributed by atoms with van der Waals surface area (Å²) in [6.45, 7) is 0.456. The van der Waals surface area contributed by atoms with Crippen LogP contribution in [0, 0.1) is 0 Å². The standard InChI is InChI=1S/C7H10N2O.2ClH/c1-10-7-4-2-3-6(5-8)9-7;;/h2-4H,5,8H2,1H3;2*1H. The maximum atomic E-state index is 5.36. The van der Waals surface area contributed by atoms with E-state index in [-0.39, 0.29) is 24.8 Å². The summed E-state index contributed by atoms with van der Waals surface area (Å²) in [5, 5.41) is 0. The molecule has 70 valence electrons. The van der Waals surface area contributed by atoms with E-state index in [0.29, 0.717) is 12.4 Å². The van der Waals surface area contributed by atoms with Crippen LogP contribution >= 0.6 is 24.8 Å². The SMILES string of the molecule is COc1cccc(CN)n1.Cl.Cl. The van der Waals surface area contributed by atoms with Crippen molar-refractivity contribution in [1.82, 2.24) is 4.98 Å². The highest BCUT2D eigenvalue weighted by Crippen LogP contribution is 2.04. The van der Waals surface area contributed by atoms with Gasteiger partial charge in [0.05, 0.1) is 12.8 Å². The third kappa shape index (κ3) is 3.76. The molecule has 0 aliphatic carbocycles. The van der Waals surface area contributed by atoms with Crippen molar-refractivity contribution < 1.29 is 4.74 Å². The van der Waals surface area contributed by atoms with Gasteiger partial charge in [-0.2, -0.15) is 0 Å². The van der Waals surface area contributed by atoms with Gasteiger partial charge in [0.1, 0.15) is 0 Å². The van der Waals surface area contributed by atoms with Gasteiger partial charge in [-0.3, -0.25) is 0 Å². The third-order valence-corrected chi connectivity index (χ3v) is 1.20. The lowest BCUT2D eigenvalue weighted by molar-refractivity contribution is 0.396. The third-order valence-electron chi connectivity index (χ3n) is 1.20. The van der Waals surface area contributed by atoms with E-state index >= 15 is 0 Å². The number of ether oxygens (including phenoxy) is 1. The lowest BCUT2D eigenvalue weighted by atomic mass is 10.3. The average Bonchev–Trinajstić information content (AvgIpc) is 2.05. The average molecular weight is 211 g/mol.